The molecule has 11 aromatic rings. The molecule has 4 heterocycles. The monoisotopic (exact) mass is 693 g/mol. The summed E-state index contributed by atoms with van der Waals surface area (Å²) in [6.07, 6.45) is 1.89. The molecule has 0 aliphatic carbocycles. The van der Waals surface area contributed by atoms with E-state index in [1.807, 2.05) is 24.4 Å². The van der Waals surface area contributed by atoms with Crippen molar-refractivity contribution in [3.63, 3.8) is 0 Å². The number of rotatable bonds is 5. The summed E-state index contributed by atoms with van der Waals surface area (Å²) >= 11 is 0. The first-order valence-corrected chi connectivity index (χ1v) is 18.7. The topological polar surface area (TPSA) is 35.9 Å². The fourth-order valence-corrected chi connectivity index (χ4v) is 8.83. The molecule has 0 N–H and O–H groups in total. The molecule has 0 spiro atoms. The van der Waals surface area contributed by atoms with Crippen molar-refractivity contribution in [2.45, 2.75) is 19.8 Å². The number of furan rings is 1. The van der Waals surface area contributed by atoms with Crippen LogP contribution in [-0.4, -0.2) is 14.1 Å². The molecule has 0 radical (unpaired) electrons. The normalized spacial score (nSPS) is 12.1. The van der Waals surface area contributed by atoms with Crippen LogP contribution >= 0.6 is 0 Å². The Morgan fingerprint density at radius 3 is 1.70 bits per heavy atom. The van der Waals surface area contributed by atoms with Crippen LogP contribution in [0.4, 0.5) is 0 Å². The van der Waals surface area contributed by atoms with Gasteiger partial charge in [-0.3, -0.25) is 4.98 Å². The van der Waals surface area contributed by atoms with Crippen LogP contribution in [0, 0.1) is 0 Å². The molecule has 7 aromatic carbocycles. The summed E-state index contributed by atoms with van der Waals surface area (Å²) in [5.74, 6) is 0.245. The van der Waals surface area contributed by atoms with E-state index in [4.69, 9.17) is 9.40 Å². The van der Waals surface area contributed by atoms with Crippen molar-refractivity contribution in [3.05, 3.63) is 176 Å². The maximum atomic E-state index is 6.26. The van der Waals surface area contributed by atoms with Gasteiger partial charge in [0, 0.05) is 55.5 Å². The number of aromatic nitrogens is 3. The van der Waals surface area contributed by atoms with Gasteiger partial charge in [-0.1, -0.05) is 98.8 Å². The van der Waals surface area contributed by atoms with Crippen molar-refractivity contribution >= 4 is 65.6 Å². The summed E-state index contributed by atoms with van der Waals surface area (Å²) < 4.78 is 11.1. The average Bonchev–Trinajstić information content (AvgIpc) is 3.88. The van der Waals surface area contributed by atoms with Gasteiger partial charge in [-0.15, -0.1) is 0 Å². The smallest absolute Gasteiger partial charge is 0.135 e. The lowest BCUT2D eigenvalue weighted by molar-refractivity contribution is 0.669. The quantitative estimate of drug-likeness (QED) is 0.180. The molecule has 0 saturated heterocycles. The summed E-state index contributed by atoms with van der Waals surface area (Å²) in [6, 6.07) is 59.0. The van der Waals surface area contributed by atoms with E-state index in [9.17, 15) is 0 Å². The van der Waals surface area contributed by atoms with Crippen LogP contribution in [0.15, 0.2) is 174 Å². The van der Waals surface area contributed by atoms with Gasteiger partial charge in [0.15, 0.2) is 0 Å². The Morgan fingerprint density at radius 1 is 0.444 bits per heavy atom. The summed E-state index contributed by atoms with van der Waals surface area (Å²) in [5.41, 5.74) is 14.5. The molecule has 54 heavy (non-hydrogen) atoms. The molecule has 0 saturated carbocycles. The molecule has 4 aromatic heterocycles. The zero-order valence-electron chi connectivity index (χ0n) is 30.0. The van der Waals surface area contributed by atoms with Crippen LogP contribution in [0.1, 0.15) is 25.3 Å². The van der Waals surface area contributed by atoms with Crippen LogP contribution < -0.4 is 0 Å². The zero-order valence-corrected chi connectivity index (χ0v) is 30.0. The highest BCUT2D eigenvalue weighted by molar-refractivity contribution is 6.12. The van der Waals surface area contributed by atoms with Gasteiger partial charge in [0.1, 0.15) is 11.2 Å². The first-order chi connectivity index (χ1) is 26.6. The summed E-state index contributed by atoms with van der Waals surface area (Å²) in [4.78, 5) is 4.92. The van der Waals surface area contributed by atoms with Gasteiger partial charge in [0.05, 0.1) is 27.8 Å². The van der Waals surface area contributed by atoms with Gasteiger partial charge >= 0.3 is 0 Å². The molecule has 4 nitrogen and oxygen atoms in total. The molecule has 0 atom stereocenters. The third-order valence-corrected chi connectivity index (χ3v) is 11.1. The summed E-state index contributed by atoms with van der Waals surface area (Å²) in [5, 5.41) is 7.20. The van der Waals surface area contributed by atoms with Crippen LogP contribution in [0.25, 0.3) is 99.3 Å². The zero-order chi connectivity index (χ0) is 35.9. The predicted octanol–water partition coefficient (Wildman–Crippen LogP) is 13.6. The van der Waals surface area contributed by atoms with Gasteiger partial charge in [0.2, 0.25) is 0 Å². The fourth-order valence-electron chi connectivity index (χ4n) is 8.83. The minimum absolute atomic E-state index is 0.245. The van der Waals surface area contributed by atoms with E-state index >= 15 is 0 Å². The largest absolute Gasteiger partial charge is 0.456 e. The molecule has 0 unspecified atom stereocenters. The number of hydrogen-bond donors (Lipinski definition) is 0. The van der Waals surface area contributed by atoms with Crippen LogP contribution in [0.3, 0.4) is 0 Å². The van der Waals surface area contributed by atoms with Gasteiger partial charge < -0.3 is 13.6 Å². The van der Waals surface area contributed by atoms with Crippen molar-refractivity contribution in [2.75, 3.05) is 0 Å². The maximum absolute atomic E-state index is 6.26. The maximum Gasteiger partial charge on any atom is 0.135 e. The van der Waals surface area contributed by atoms with Gasteiger partial charge in [-0.25, -0.2) is 0 Å². The minimum atomic E-state index is 0.245. The van der Waals surface area contributed by atoms with E-state index in [0.717, 1.165) is 55.7 Å². The second-order valence-electron chi connectivity index (χ2n) is 14.6. The van der Waals surface area contributed by atoms with E-state index in [1.165, 1.54) is 49.2 Å². The highest BCUT2D eigenvalue weighted by Gasteiger charge is 2.22. The van der Waals surface area contributed by atoms with Gasteiger partial charge in [-0.05, 0) is 101 Å². The van der Waals surface area contributed by atoms with E-state index in [0.29, 0.717) is 0 Å². The third-order valence-electron chi connectivity index (χ3n) is 11.1. The highest BCUT2D eigenvalue weighted by atomic mass is 16.3. The van der Waals surface area contributed by atoms with Crippen LogP contribution in [-0.2, 0) is 0 Å². The number of benzene rings is 7. The molecule has 4 heteroatoms. The molecule has 0 aliphatic rings. The van der Waals surface area contributed by atoms with E-state index in [2.05, 4.69) is 169 Å². The van der Waals surface area contributed by atoms with Crippen LogP contribution in [0.2, 0.25) is 0 Å². The Hall–Kier alpha value is -6.91. The molecule has 0 amide bonds. The molecule has 0 bridgehead atoms. The average molecular weight is 694 g/mol. The lowest BCUT2D eigenvalue weighted by Gasteiger charge is -2.21. The number of hydrogen-bond acceptors (Lipinski definition) is 2. The molecule has 0 fully saturated rings. The van der Waals surface area contributed by atoms with E-state index in [-0.39, 0.29) is 5.92 Å². The SMILES string of the molecule is CC(C)c1c(-c2ccc3oc4ccccc4c3c2)cc(-n2c3ccccc3c3cc(-n4c5ccccc5c5ccccc54)ccc32)cc1-c1ccccn1. The van der Waals surface area contributed by atoms with Crippen molar-refractivity contribution in [1.82, 2.24) is 14.1 Å². The second-order valence-corrected chi connectivity index (χ2v) is 14.6. The number of pyridine rings is 1. The van der Waals surface area contributed by atoms with Crippen molar-refractivity contribution in [3.8, 4) is 33.8 Å². The number of nitrogens with zero attached hydrogens (tertiary/aromatic N) is 3. The lowest BCUT2D eigenvalue weighted by Crippen LogP contribution is -2.03. The fraction of sp³-hybridized carbons (Fsp3) is 0.0600. The molecule has 11 rings (SSSR count). The van der Waals surface area contributed by atoms with Crippen molar-refractivity contribution in [1.29, 1.82) is 0 Å². The van der Waals surface area contributed by atoms with Crippen LogP contribution in [0.5, 0.6) is 0 Å². The summed E-state index contributed by atoms with van der Waals surface area (Å²) in [6.45, 7) is 4.57. The van der Waals surface area contributed by atoms with E-state index in [1.54, 1.807) is 0 Å². The molecule has 0 aliphatic heterocycles. The number of fused-ring (bicyclic) bond motifs is 9. The Kier molecular flexibility index (Phi) is 6.71. The van der Waals surface area contributed by atoms with Gasteiger partial charge in [0.25, 0.3) is 0 Å². The summed E-state index contributed by atoms with van der Waals surface area (Å²) in [7, 11) is 0. The first kappa shape index (κ1) is 30.7. The van der Waals surface area contributed by atoms with E-state index < -0.39 is 0 Å². The Balaban J connectivity index is 1.20. The molecular weight excluding hydrogens is 659 g/mol. The van der Waals surface area contributed by atoms with Gasteiger partial charge in [-0.2, -0.15) is 0 Å². The molecule has 256 valence electrons. The second kappa shape index (κ2) is 11.8. The predicted molar refractivity (Wildman–Crippen MR) is 225 cm³/mol. The first-order valence-electron chi connectivity index (χ1n) is 18.7. The van der Waals surface area contributed by atoms with Crippen molar-refractivity contribution < 1.29 is 4.42 Å². The lowest BCUT2D eigenvalue weighted by atomic mass is 9.86. The number of para-hydroxylation sites is 4. The standard InChI is InChI=1S/C50H35N3O/c1-31(2)50-39(32-22-25-49-41(27-32)38-16-6-10-21-48(38)54-49)29-34(30-42(50)43-17-11-12-26-51-43)53-46-20-9-5-15-37(46)40-28-33(23-24-47(40)53)52-44-18-7-3-13-35(44)36-14-4-8-19-45(36)52/h3-31H,1-2H3. The Labute approximate surface area is 312 Å². The Morgan fingerprint density at radius 2 is 1.02 bits per heavy atom. The Bertz CT molecular complexity index is 3200. The highest BCUT2D eigenvalue weighted by Crippen LogP contribution is 2.43. The third kappa shape index (κ3) is 4.53. The molecular formula is C50H35N3O. The minimum Gasteiger partial charge on any atom is -0.456 e. The van der Waals surface area contributed by atoms with Crippen molar-refractivity contribution in [2.24, 2.45) is 0 Å².